The number of primary amides is 1. The molecule has 0 bridgehead atoms. The van der Waals surface area contributed by atoms with Crippen molar-refractivity contribution in [2.75, 3.05) is 22.9 Å². The van der Waals surface area contributed by atoms with E-state index in [0.717, 1.165) is 5.69 Å². The van der Waals surface area contributed by atoms with E-state index in [1.165, 1.54) is 10.6 Å². The molecule has 5 rings (SSSR count). The molecule has 4 heterocycles. The summed E-state index contributed by atoms with van der Waals surface area (Å²) in [5.41, 5.74) is 7.42. The normalized spacial score (nSPS) is 21.0. The molecule has 0 saturated carbocycles. The highest BCUT2D eigenvalue weighted by molar-refractivity contribution is 5.92. The van der Waals surface area contributed by atoms with E-state index < -0.39 is 24.1 Å². The van der Waals surface area contributed by atoms with Crippen LogP contribution in [0.15, 0.2) is 42.0 Å². The van der Waals surface area contributed by atoms with Crippen LogP contribution in [0.4, 0.5) is 20.2 Å². The predicted molar refractivity (Wildman–Crippen MR) is 113 cm³/mol. The number of allylic oxidation sites excluding steroid dienone is 1. The van der Waals surface area contributed by atoms with Crippen molar-refractivity contribution >= 4 is 23.1 Å². The Morgan fingerprint density at radius 3 is 2.81 bits per heavy atom. The van der Waals surface area contributed by atoms with Crippen LogP contribution in [0.2, 0.25) is 0 Å². The molecule has 2 atom stereocenters. The fourth-order valence-corrected chi connectivity index (χ4v) is 4.17. The number of hydrogen-bond donors (Lipinski definition) is 1. The molecule has 11 heteroatoms. The third-order valence-electron chi connectivity index (χ3n) is 5.71. The van der Waals surface area contributed by atoms with Crippen molar-refractivity contribution in [1.82, 2.24) is 19.6 Å². The van der Waals surface area contributed by atoms with Crippen molar-refractivity contribution < 1.29 is 18.3 Å². The minimum absolute atomic E-state index is 0.0726. The molecule has 32 heavy (non-hydrogen) atoms. The summed E-state index contributed by atoms with van der Waals surface area (Å²) in [5.74, 6) is -0.643. The van der Waals surface area contributed by atoms with Crippen molar-refractivity contribution in [3.63, 3.8) is 0 Å². The van der Waals surface area contributed by atoms with Gasteiger partial charge in [-0.3, -0.25) is 4.79 Å². The van der Waals surface area contributed by atoms with Crippen molar-refractivity contribution in [3.8, 4) is 11.4 Å². The van der Waals surface area contributed by atoms with Crippen molar-refractivity contribution in [2.45, 2.75) is 32.7 Å². The summed E-state index contributed by atoms with van der Waals surface area (Å²) < 4.78 is 35.3. The van der Waals surface area contributed by atoms with Gasteiger partial charge in [0.15, 0.2) is 12.1 Å². The number of benzene rings is 1. The fraction of sp³-hybridized carbons (Fsp3) is 0.333. The number of nitrogens with two attached hydrogens (primary N) is 1. The van der Waals surface area contributed by atoms with Crippen molar-refractivity contribution in [2.24, 2.45) is 5.73 Å². The summed E-state index contributed by atoms with van der Waals surface area (Å²) >= 11 is 0. The van der Waals surface area contributed by atoms with Crippen molar-refractivity contribution in [3.05, 3.63) is 47.9 Å². The summed E-state index contributed by atoms with van der Waals surface area (Å²) in [5, 5.41) is 4.39. The van der Waals surface area contributed by atoms with Crippen LogP contribution in [0.25, 0.3) is 17.2 Å². The summed E-state index contributed by atoms with van der Waals surface area (Å²) in [4.78, 5) is 23.9. The fourth-order valence-electron chi connectivity index (χ4n) is 4.17. The number of hydrogen-bond acceptors (Lipinski definition) is 7. The molecule has 2 aliphatic rings. The molecule has 9 nitrogen and oxygen atoms in total. The Kier molecular flexibility index (Phi) is 4.68. The van der Waals surface area contributed by atoms with Gasteiger partial charge in [0.05, 0.1) is 29.3 Å². The van der Waals surface area contributed by atoms with E-state index in [1.54, 1.807) is 43.3 Å². The number of alkyl halides is 1. The maximum Gasteiger partial charge on any atom is 0.285 e. The molecule has 3 aromatic rings. The van der Waals surface area contributed by atoms with Gasteiger partial charge in [-0.2, -0.15) is 4.98 Å². The Bertz CT molecular complexity index is 1260. The third kappa shape index (κ3) is 3.29. The third-order valence-corrected chi connectivity index (χ3v) is 5.71. The number of rotatable bonds is 4. The maximum atomic E-state index is 14.7. The lowest BCUT2D eigenvalue weighted by atomic mass is 10.1. The lowest BCUT2D eigenvalue weighted by Crippen LogP contribution is -2.27. The van der Waals surface area contributed by atoms with Gasteiger partial charge in [-0.05, 0) is 38.5 Å². The summed E-state index contributed by atoms with van der Waals surface area (Å²) in [7, 11) is 0. The molecule has 1 unspecified atom stereocenters. The molecule has 0 aliphatic carbocycles. The number of halogens is 2. The van der Waals surface area contributed by atoms with Crippen LogP contribution in [-0.2, 0) is 9.53 Å². The minimum atomic E-state index is -0.863. The first-order chi connectivity index (χ1) is 15.3. The molecule has 2 aromatic heterocycles. The molecule has 1 saturated heterocycles. The topological polar surface area (TPSA) is 102 Å². The standard InChI is InChI=1S/C21H21F2N7O2/c1-11-18(19(24)31)32-12(2)30(11)14-3-4-17(23)16(7-14)20-26-21-25-8-15(10-29(21)27-20)28-6-5-13(22)9-28/h3-4,7-8,10,12-13H,5-6,9H2,1-2H3,(H2,24,31)/t12-,13?/m1/s1. The number of fused-ring (bicyclic) bond motifs is 1. The van der Waals surface area contributed by atoms with Gasteiger partial charge in [0.25, 0.3) is 11.7 Å². The SMILES string of the molecule is CC1=C(C(N)=O)O[C@H](C)N1c1ccc(F)c(-c2nc3ncc(N4CCC(F)C4)cn3n2)c1. The highest BCUT2D eigenvalue weighted by atomic mass is 19.1. The van der Waals surface area contributed by atoms with Crippen LogP contribution in [0.3, 0.4) is 0 Å². The molecule has 1 fully saturated rings. The van der Waals surface area contributed by atoms with Crippen LogP contribution in [0, 0.1) is 5.82 Å². The van der Waals surface area contributed by atoms with Gasteiger partial charge in [0.2, 0.25) is 5.76 Å². The van der Waals surface area contributed by atoms with Crippen LogP contribution < -0.4 is 15.5 Å². The second kappa shape index (κ2) is 7.43. The monoisotopic (exact) mass is 441 g/mol. The van der Waals surface area contributed by atoms with Gasteiger partial charge in [-0.1, -0.05) is 0 Å². The average molecular weight is 441 g/mol. The molecule has 2 aliphatic heterocycles. The first-order valence-electron chi connectivity index (χ1n) is 10.2. The lowest BCUT2D eigenvalue weighted by molar-refractivity contribution is -0.118. The zero-order chi connectivity index (χ0) is 22.6. The lowest BCUT2D eigenvalue weighted by Gasteiger charge is -2.24. The number of amides is 1. The van der Waals surface area contributed by atoms with Crippen LogP contribution in [0.1, 0.15) is 20.3 Å². The Hall–Kier alpha value is -3.76. The average Bonchev–Trinajstić information content (AvgIpc) is 3.45. The molecule has 0 spiro atoms. The zero-order valence-electron chi connectivity index (χ0n) is 17.5. The van der Waals surface area contributed by atoms with Gasteiger partial charge >= 0.3 is 0 Å². The smallest absolute Gasteiger partial charge is 0.285 e. The van der Waals surface area contributed by atoms with Crippen LogP contribution in [-0.4, -0.2) is 51.0 Å². The van der Waals surface area contributed by atoms with Gasteiger partial charge in [-0.15, -0.1) is 5.10 Å². The van der Waals surface area contributed by atoms with Gasteiger partial charge in [0, 0.05) is 18.8 Å². The Morgan fingerprint density at radius 2 is 2.12 bits per heavy atom. The predicted octanol–water partition coefficient (Wildman–Crippen LogP) is 2.38. The Balaban J connectivity index is 1.52. The second-order valence-corrected chi connectivity index (χ2v) is 7.85. The van der Waals surface area contributed by atoms with Crippen LogP contribution >= 0.6 is 0 Å². The summed E-state index contributed by atoms with van der Waals surface area (Å²) in [6, 6.07) is 4.48. The maximum absolute atomic E-state index is 14.7. The van der Waals surface area contributed by atoms with Gasteiger partial charge in [0.1, 0.15) is 12.0 Å². The van der Waals surface area contributed by atoms with E-state index in [9.17, 15) is 13.6 Å². The molecule has 1 aromatic carbocycles. The quantitative estimate of drug-likeness (QED) is 0.663. The number of carbonyl (C=O) groups excluding carboxylic acids is 1. The number of carbonyl (C=O) groups is 1. The summed E-state index contributed by atoms with van der Waals surface area (Å²) in [6.07, 6.45) is 2.44. The first kappa shape index (κ1) is 20.2. The molecule has 166 valence electrons. The molecule has 0 radical (unpaired) electrons. The van der Waals surface area contributed by atoms with E-state index in [2.05, 4.69) is 15.1 Å². The minimum Gasteiger partial charge on any atom is -0.463 e. The number of nitrogens with zero attached hydrogens (tertiary/aromatic N) is 6. The zero-order valence-corrected chi connectivity index (χ0v) is 17.5. The van der Waals surface area contributed by atoms with E-state index in [4.69, 9.17) is 10.5 Å². The molecule has 1 amide bonds. The molecular weight excluding hydrogens is 420 g/mol. The number of ether oxygens (including phenoxy) is 1. The van der Waals surface area contributed by atoms with Crippen molar-refractivity contribution in [1.29, 1.82) is 0 Å². The van der Waals surface area contributed by atoms with E-state index >= 15 is 0 Å². The highest BCUT2D eigenvalue weighted by Gasteiger charge is 2.32. The van der Waals surface area contributed by atoms with Crippen LogP contribution in [0.5, 0.6) is 0 Å². The number of anilines is 2. The Labute approximate surface area is 182 Å². The van der Waals surface area contributed by atoms with E-state index in [0.29, 0.717) is 36.7 Å². The van der Waals surface area contributed by atoms with Gasteiger partial charge in [-0.25, -0.2) is 18.3 Å². The first-order valence-corrected chi connectivity index (χ1v) is 10.2. The summed E-state index contributed by atoms with van der Waals surface area (Å²) in [6.45, 7) is 4.38. The second-order valence-electron chi connectivity index (χ2n) is 7.85. The Morgan fingerprint density at radius 1 is 1.31 bits per heavy atom. The number of aromatic nitrogens is 4. The largest absolute Gasteiger partial charge is 0.463 e. The van der Waals surface area contributed by atoms with E-state index in [-0.39, 0.29) is 17.1 Å². The highest BCUT2D eigenvalue weighted by Crippen LogP contribution is 2.34. The molecular formula is C21H21F2N7O2. The molecule has 2 N–H and O–H groups in total. The van der Waals surface area contributed by atoms with E-state index in [1.807, 2.05) is 4.90 Å². The van der Waals surface area contributed by atoms with Gasteiger partial charge < -0.3 is 20.3 Å².